The van der Waals surface area contributed by atoms with E-state index in [4.69, 9.17) is 14.2 Å². The Bertz CT molecular complexity index is 992. The van der Waals surface area contributed by atoms with Gasteiger partial charge >= 0.3 is 18.8 Å². The average Bonchev–Trinajstić information content (AvgIpc) is 2.77. The third-order valence-corrected chi connectivity index (χ3v) is 3.99. The highest BCUT2D eigenvalue weighted by molar-refractivity contribution is 5.95. The highest BCUT2D eigenvalue weighted by atomic mass is 19.4. The topological polar surface area (TPSA) is 83.1 Å². The van der Waals surface area contributed by atoms with Crippen LogP contribution in [0.3, 0.4) is 0 Å². The fourth-order valence-corrected chi connectivity index (χ4v) is 2.46. The van der Waals surface area contributed by atoms with Crippen LogP contribution in [0.4, 0.5) is 27.6 Å². The number of halogens is 5. The number of ether oxygens (including phenoxy) is 4. The van der Waals surface area contributed by atoms with Crippen molar-refractivity contribution in [3.63, 3.8) is 0 Å². The summed E-state index contributed by atoms with van der Waals surface area (Å²) in [6.45, 7) is -3.55. The summed E-state index contributed by atoms with van der Waals surface area (Å²) >= 11 is 0. The molecule has 0 unspecified atom stereocenters. The lowest BCUT2D eigenvalue weighted by Gasteiger charge is -2.15. The van der Waals surface area contributed by atoms with Crippen LogP contribution in [-0.2, 0) is 25.2 Å². The molecule has 0 aliphatic heterocycles. The zero-order valence-electron chi connectivity index (χ0n) is 17.7. The van der Waals surface area contributed by atoms with E-state index in [1.807, 2.05) is 0 Å². The summed E-state index contributed by atoms with van der Waals surface area (Å²) in [5.74, 6) is -1.90. The van der Waals surface area contributed by atoms with Gasteiger partial charge < -0.3 is 24.3 Å². The quantitative estimate of drug-likeness (QED) is 0.216. The average molecular weight is 489 g/mol. The molecule has 12 heteroatoms. The molecule has 2 aromatic rings. The van der Waals surface area contributed by atoms with Crippen LogP contribution in [0, 0.1) is 0 Å². The highest BCUT2D eigenvalue weighted by Crippen LogP contribution is 2.35. The molecule has 0 bridgehead atoms. The maximum absolute atomic E-state index is 13.0. The summed E-state index contributed by atoms with van der Waals surface area (Å²) < 4.78 is 82.4. The Morgan fingerprint density at radius 3 is 2.38 bits per heavy atom. The van der Waals surface area contributed by atoms with Crippen LogP contribution >= 0.6 is 0 Å². The normalized spacial score (nSPS) is 11.5. The predicted octanol–water partition coefficient (Wildman–Crippen LogP) is 4.53. The molecule has 0 aliphatic rings. The lowest BCUT2D eigenvalue weighted by atomic mass is 10.1. The number of methoxy groups -OCH3 is 1. The SMILES string of the molecule is COCCOc1ccc(C(F)(F)F)cc1NC(=O)COC(=O)C=Cc1ccc(OC(F)F)cc1. The van der Waals surface area contributed by atoms with Crippen LogP contribution in [0.1, 0.15) is 11.1 Å². The molecule has 0 heterocycles. The van der Waals surface area contributed by atoms with Crippen molar-refractivity contribution >= 4 is 23.6 Å². The molecule has 1 amide bonds. The Kier molecular flexibility index (Phi) is 9.80. The zero-order valence-corrected chi connectivity index (χ0v) is 17.7. The van der Waals surface area contributed by atoms with Crippen molar-refractivity contribution in [2.75, 3.05) is 32.2 Å². The first kappa shape index (κ1) is 26.6. The van der Waals surface area contributed by atoms with Crippen molar-refractivity contribution in [3.8, 4) is 11.5 Å². The van der Waals surface area contributed by atoms with Crippen molar-refractivity contribution < 1.29 is 50.5 Å². The molecule has 0 atom stereocenters. The Labute approximate surface area is 191 Å². The number of esters is 1. The first-order chi connectivity index (χ1) is 16.1. The smallest absolute Gasteiger partial charge is 0.416 e. The van der Waals surface area contributed by atoms with Gasteiger partial charge in [0, 0.05) is 13.2 Å². The first-order valence-corrected chi connectivity index (χ1v) is 9.61. The van der Waals surface area contributed by atoms with Crippen LogP contribution < -0.4 is 14.8 Å². The molecule has 0 aliphatic carbocycles. The van der Waals surface area contributed by atoms with Crippen LogP contribution in [0.2, 0.25) is 0 Å². The van der Waals surface area contributed by atoms with Crippen LogP contribution in [0.25, 0.3) is 6.08 Å². The summed E-state index contributed by atoms with van der Waals surface area (Å²) in [5.41, 5.74) is -0.801. The molecule has 0 fully saturated rings. The number of carbonyl (C=O) groups excluding carboxylic acids is 2. The van der Waals surface area contributed by atoms with Crippen molar-refractivity contribution in [2.24, 2.45) is 0 Å². The van der Waals surface area contributed by atoms with Gasteiger partial charge in [-0.1, -0.05) is 12.1 Å². The Hall–Kier alpha value is -3.67. The summed E-state index contributed by atoms with van der Waals surface area (Å²) in [5, 5.41) is 2.22. The second-order valence-electron chi connectivity index (χ2n) is 6.49. The molecule has 0 aromatic heterocycles. The molecule has 0 saturated carbocycles. The van der Waals surface area contributed by atoms with E-state index in [9.17, 15) is 31.5 Å². The molecule has 0 saturated heterocycles. The third-order valence-electron chi connectivity index (χ3n) is 3.99. The minimum Gasteiger partial charge on any atom is -0.489 e. The number of alkyl halides is 5. The summed E-state index contributed by atoms with van der Waals surface area (Å²) in [7, 11) is 1.42. The molecule has 2 aromatic carbocycles. The maximum Gasteiger partial charge on any atom is 0.416 e. The molecule has 2 rings (SSSR count). The summed E-state index contributed by atoms with van der Waals surface area (Å²) in [6.07, 6.45) is -2.35. The maximum atomic E-state index is 13.0. The van der Waals surface area contributed by atoms with Gasteiger partial charge in [0.15, 0.2) is 6.61 Å². The minimum absolute atomic E-state index is 0.0242. The van der Waals surface area contributed by atoms with Crippen LogP contribution in [0.5, 0.6) is 11.5 Å². The second kappa shape index (κ2) is 12.5. The molecule has 0 radical (unpaired) electrons. The van der Waals surface area contributed by atoms with Gasteiger partial charge in [-0.05, 0) is 42.0 Å². The fraction of sp³-hybridized carbons (Fsp3) is 0.273. The van der Waals surface area contributed by atoms with Crippen LogP contribution in [-0.4, -0.2) is 45.4 Å². The van der Waals surface area contributed by atoms with Gasteiger partial charge in [-0.3, -0.25) is 4.79 Å². The van der Waals surface area contributed by atoms with Gasteiger partial charge in [-0.25, -0.2) is 4.79 Å². The Morgan fingerprint density at radius 2 is 1.76 bits per heavy atom. The lowest BCUT2D eigenvalue weighted by Crippen LogP contribution is -2.21. The number of anilines is 1. The van der Waals surface area contributed by atoms with Crippen molar-refractivity contribution in [2.45, 2.75) is 12.8 Å². The minimum atomic E-state index is -4.65. The predicted molar refractivity (Wildman–Crippen MR) is 111 cm³/mol. The monoisotopic (exact) mass is 489 g/mol. The summed E-state index contributed by atoms with van der Waals surface area (Å²) in [4.78, 5) is 23.9. The molecular weight excluding hydrogens is 469 g/mol. The molecule has 34 heavy (non-hydrogen) atoms. The number of rotatable bonds is 11. The van der Waals surface area contributed by atoms with Crippen molar-refractivity contribution in [1.82, 2.24) is 0 Å². The van der Waals surface area contributed by atoms with E-state index in [0.717, 1.165) is 18.2 Å². The zero-order chi connectivity index (χ0) is 25.1. The van der Waals surface area contributed by atoms with E-state index in [1.54, 1.807) is 0 Å². The molecule has 7 nitrogen and oxygen atoms in total. The molecule has 0 spiro atoms. The van der Waals surface area contributed by atoms with Gasteiger partial charge in [-0.2, -0.15) is 22.0 Å². The largest absolute Gasteiger partial charge is 0.489 e. The van der Waals surface area contributed by atoms with E-state index in [1.165, 1.54) is 37.5 Å². The second-order valence-corrected chi connectivity index (χ2v) is 6.49. The standard InChI is InChI=1S/C22H20F5NO6/c1-31-10-11-32-18-8-5-15(22(25,26)27)12-17(18)28-19(29)13-33-20(30)9-4-14-2-6-16(7-3-14)34-21(23)24/h2-9,12,21H,10-11,13H2,1H3,(H,28,29). The van der Waals surface area contributed by atoms with Gasteiger partial charge in [0.05, 0.1) is 17.9 Å². The number of amides is 1. The van der Waals surface area contributed by atoms with E-state index in [0.29, 0.717) is 11.6 Å². The fourth-order valence-electron chi connectivity index (χ4n) is 2.46. The Balaban J connectivity index is 1.95. The third kappa shape index (κ3) is 9.06. The number of nitrogens with one attached hydrogen (secondary N) is 1. The van der Waals surface area contributed by atoms with Crippen molar-refractivity contribution in [3.05, 3.63) is 59.7 Å². The van der Waals surface area contributed by atoms with Gasteiger partial charge in [0.25, 0.3) is 5.91 Å². The lowest BCUT2D eigenvalue weighted by molar-refractivity contribution is -0.142. The number of carbonyl (C=O) groups is 2. The highest BCUT2D eigenvalue weighted by Gasteiger charge is 2.31. The van der Waals surface area contributed by atoms with Gasteiger partial charge in [0.2, 0.25) is 0 Å². The number of hydrogen-bond donors (Lipinski definition) is 1. The van der Waals surface area contributed by atoms with Gasteiger partial charge in [-0.15, -0.1) is 0 Å². The van der Waals surface area contributed by atoms with E-state index in [-0.39, 0.29) is 30.4 Å². The molecule has 184 valence electrons. The van der Waals surface area contributed by atoms with Gasteiger partial charge in [0.1, 0.15) is 18.1 Å². The van der Waals surface area contributed by atoms with E-state index >= 15 is 0 Å². The summed E-state index contributed by atoms with van der Waals surface area (Å²) in [6, 6.07) is 7.91. The molecule has 1 N–H and O–H groups in total. The van der Waals surface area contributed by atoms with Crippen LogP contribution in [0.15, 0.2) is 48.5 Å². The van der Waals surface area contributed by atoms with E-state index < -0.39 is 36.8 Å². The number of hydrogen-bond acceptors (Lipinski definition) is 6. The first-order valence-electron chi connectivity index (χ1n) is 9.61. The van der Waals surface area contributed by atoms with Crippen molar-refractivity contribution in [1.29, 1.82) is 0 Å². The molecular formula is C22H20F5NO6. The Morgan fingerprint density at radius 1 is 1.06 bits per heavy atom. The number of benzene rings is 2. The van der Waals surface area contributed by atoms with E-state index in [2.05, 4.69) is 10.1 Å².